The van der Waals surface area contributed by atoms with Gasteiger partial charge in [0.2, 0.25) is 0 Å². The van der Waals surface area contributed by atoms with Crippen LogP contribution in [-0.4, -0.2) is 47.4 Å². The van der Waals surface area contributed by atoms with Crippen LogP contribution in [0, 0.1) is 16.0 Å². The Morgan fingerprint density at radius 1 is 1.19 bits per heavy atom. The molecule has 1 aliphatic carbocycles. The summed E-state index contributed by atoms with van der Waals surface area (Å²) in [6.45, 7) is 6.29. The predicted molar refractivity (Wildman–Crippen MR) is 81.9 cm³/mol. The van der Waals surface area contributed by atoms with Gasteiger partial charge >= 0.3 is 0 Å². The lowest BCUT2D eigenvalue weighted by Gasteiger charge is -2.34. The van der Waals surface area contributed by atoms with Crippen LogP contribution in [0.15, 0.2) is 18.2 Å². The van der Waals surface area contributed by atoms with Crippen molar-refractivity contribution in [2.75, 3.05) is 38.5 Å². The van der Waals surface area contributed by atoms with Gasteiger partial charge < -0.3 is 10.6 Å². The minimum atomic E-state index is -0.410. The number of rotatable bonds is 5. The van der Waals surface area contributed by atoms with Crippen molar-refractivity contribution in [1.29, 1.82) is 0 Å². The van der Waals surface area contributed by atoms with E-state index in [4.69, 9.17) is 5.73 Å². The SMILES string of the molecule is Nc1ccc(CN2CCN(CC3CC3)CC2)cc1[N+](=O)[O-]. The molecule has 0 unspecified atom stereocenters. The number of nitrogen functional groups attached to an aromatic ring is 1. The molecule has 2 fully saturated rings. The molecule has 6 heteroatoms. The summed E-state index contributed by atoms with van der Waals surface area (Å²) in [5.41, 5.74) is 6.84. The summed E-state index contributed by atoms with van der Waals surface area (Å²) in [7, 11) is 0. The highest BCUT2D eigenvalue weighted by atomic mass is 16.6. The van der Waals surface area contributed by atoms with Crippen molar-refractivity contribution in [3.05, 3.63) is 33.9 Å². The van der Waals surface area contributed by atoms with Crippen LogP contribution < -0.4 is 5.73 Å². The zero-order valence-electron chi connectivity index (χ0n) is 12.2. The molecular weight excluding hydrogens is 268 g/mol. The normalized spacial score (nSPS) is 20.6. The molecule has 6 nitrogen and oxygen atoms in total. The van der Waals surface area contributed by atoms with E-state index in [1.54, 1.807) is 12.1 Å². The predicted octanol–water partition coefficient (Wildman–Crippen LogP) is 1.70. The van der Waals surface area contributed by atoms with Crippen molar-refractivity contribution >= 4 is 11.4 Å². The topological polar surface area (TPSA) is 75.6 Å². The molecule has 1 aliphatic heterocycles. The Kier molecular flexibility index (Phi) is 4.07. The minimum absolute atomic E-state index is 0.0138. The second kappa shape index (κ2) is 5.99. The van der Waals surface area contributed by atoms with E-state index >= 15 is 0 Å². The van der Waals surface area contributed by atoms with Gasteiger partial charge in [-0.15, -0.1) is 0 Å². The van der Waals surface area contributed by atoms with Crippen molar-refractivity contribution in [2.24, 2.45) is 5.92 Å². The molecule has 0 atom stereocenters. The van der Waals surface area contributed by atoms with Gasteiger partial charge in [-0.2, -0.15) is 0 Å². The fourth-order valence-corrected chi connectivity index (χ4v) is 2.90. The van der Waals surface area contributed by atoms with Gasteiger partial charge in [-0.3, -0.25) is 15.0 Å². The Morgan fingerprint density at radius 3 is 2.48 bits per heavy atom. The summed E-state index contributed by atoms with van der Waals surface area (Å²) in [6, 6.07) is 5.13. The van der Waals surface area contributed by atoms with Crippen LogP contribution in [0.2, 0.25) is 0 Å². The lowest BCUT2D eigenvalue weighted by atomic mass is 10.1. The number of nitrogens with two attached hydrogens (primary N) is 1. The summed E-state index contributed by atoms with van der Waals surface area (Å²) in [5.74, 6) is 0.941. The maximum atomic E-state index is 10.9. The number of benzene rings is 1. The molecule has 1 saturated heterocycles. The molecule has 0 aromatic heterocycles. The number of nitro groups is 1. The number of hydrogen-bond donors (Lipinski definition) is 1. The Balaban J connectivity index is 1.55. The first-order valence-corrected chi connectivity index (χ1v) is 7.59. The average molecular weight is 290 g/mol. The van der Waals surface area contributed by atoms with E-state index in [0.29, 0.717) is 0 Å². The Hall–Kier alpha value is -1.66. The third-order valence-corrected chi connectivity index (χ3v) is 4.38. The van der Waals surface area contributed by atoms with Gasteiger partial charge in [0.1, 0.15) is 5.69 Å². The summed E-state index contributed by atoms with van der Waals surface area (Å²) >= 11 is 0. The van der Waals surface area contributed by atoms with Gasteiger partial charge in [-0.05, 0) is 30.4 Å². The summed E-state index contributed by atoms with van der Waals surface area (Å²) < 4.78 is 0. The Morgan fingerprint density at radius 2 is 1.86 bits per heavy atom. The Labute approximate surface area is 124 Å². The highest BCUT2D eigenvalue weighted by Crippen LogP contribution is 2.30. The second-order valence-corrected chi connectivity index (χ2v) is 6.17. The fraction of sp³-hybridized carbons (Fsp3) is 0.600. The van der Waals surface area contributed by atoms with Crippen LogP contribution >= 0.6 is 0 Å². The van der Waals surface area contributed by atoms with Gasteiger partial charge in [0.15, 0.2) is 0 Å². The van der Waals surface area contributed by atoms with E-state index in [-0.39, 0.29) is 11.4 Å². The first-order chi connectivity index (χ1) is 10.1. The van der Waals surface area contributed by atoms with E-state index in [9.17, 15) is 10.1 Å². The molecule has 21 heavy (non-hydrogen) atoms. The first-order valence-electron chi connectivity index (χ1n) is 7.59. The highest BCUT2D eigenvalue weighted by Gasteiger charge is 2.26. The third kappa shape index (κ3) is 3.71. The molecule has 3 rings (SSSR count). The molecule has 1 heterocycles. The van der Waals surface area contributed by atoms with Gasteiger partial charge in [0.25, 0.3) is 5.69 Å². The molecule has 2 N–H and O–H groups in total. The number of hydrogen-bond acceptors (Lipinski definition) is 5. The largest absolute Gasteiger partial charge is 0.393 e. The van der Waals surface area contributed by atoms with E-state index in [1.165, 1.54) is 19.4 Å². The molecule has 0 amide bonds. The highest BCUT2D eigenvalue weighted by molar-refractivity contribution is 5.59. The average Bonchev–Trinajstić information content (AvgIpc) is 3.27. The molecule has 1 saturated carbocycles. The van der Waals surface area contributed by atoms with Gasteiger partial charge in [-0.25, -0.2) is 0 Å². The lowest BCUT2D eigenvalue weighted by molar-refractivity contribution is -0.384. The van der Waals surface area contributed by atoms with Gasteiger partial charge in [0, 0.05) is 45.3 Å². The first kappa shape index (κ1) is 14.3. The van der Waals surface area contributed by atoms with Crippen LogP contribution in [0.25, 0.3) is 0 Å². The van der Waals surface area contributed by atoms with E-state index in [2.05, 4.69) is 9.80 Å². The van der Waals surface area contributed by atoms with Crippen LogP contribution in [0.1, 0.15) is 18.4 Å². The monoisotopic (exact) mass is 290 g/mol. The van der Waals surface area contributed by atoms with Crippen molar-refractivity contribution < 1.29 is 4.92 Å². The van der Waals surface area contributed by atoms with Crippen molar-refractivity contribution in [3.63, 3.8) is 0 Å². The number of nitro benzene ring substituents is 1. The minimum Gasteiger partial charge on any atom is -0.393 e. The molecule has 0 spiro atoms. The summed E-state index contributed by atoms with van der Waals surface area (Å²) in [6.07, 6.45) is 2.80. The number of piperazine rings is 1. The molecule has 1 aromatic carbocycles. The van der Waals surface area contributed by atoms with E-state index in [1.807, 2.05) is 6.07 Å². The maximum absolute atomic E-state index is 10.9. The van der Waals surface area contributed by atoms with Crippen molar-refractivity contribution in [3.8, 4) is 0 Å². The van der Waals surface area contributed by atoms with Crippen LogP contribution in [0.3, 0.4) is 0 Å². The second-order valence-electron chi connectivity index (χ2n) is 6.17. The van der Waals surface area contributed by atoms with Crippen molar-refractivity contribution in [1.82, 2.24) is 9.80 Å². The Bertz CT molecular complexity index is 522. The van der Waals surface area contributed by atoms with E-state index in [0.717, 1.165) is 44.2 Å². The van der Waals surface area contributed by atoms with Gasteiger partial charge in [-0.1, -0.05) is 6.07 Å². The van der Waals surface area contributed by atoms with Crippen LogP contribution in [0.4, 0.5) is 11.4 Å². The molecule has 0 bridgehead atoms. The molecule has 2 aliphatic rings. The van der Waals surface area contributed by atoms with E-state index < -0.39 is 4.92 Å². The standard InChI is InChI=1S/C15H22N4O2/c16-14-4-3-13(9-15(14)19(20)21)11-18-7-5-17(6-8-18)10-12-1-2-12/h3-4,9,12H,1-2,5-8,10-11,16H2. The van der Waals surface area contributed by atoms with Crippen LogP contribution in [0.5, 0.6) is 0 Å². The number of nitrogens with zero attached hydrogens (tertiary/aromatic N) is 3. The van der Waals surface area contributed by atoms with Crippen molar-refractivity contribution in [2.45, 2.75) is 19.4 Å². The zero-order valence-corrected chi connectivity index (χ0v) is 12.2. The van der Waals surface area contributed by atoms with Crippen LogP contribution in [-0.2, 0) is 6.54 Å². The maximum Gasteiger partial charge on any atom is 0.292 e. The third-order valence-electron chi connectivity index (χ3n) is 4.38. The summed E-state index contributed by atoms with van der Waals surface area (Å²) in [5, 5.41) is 10.9. The number of anilines is 1. The lowest BCUT2D eigenvalue weighted by Crippen LogP contribution is -2.46. The van der Waals surface area contributed by atoms with Gasteiger partial charge in [0.05, 0.1) is 4.92 Å². The molecular formula is C15H22N4O2. The molecule has 0 radical (unpaired) electrons. The summed E-state index contributed by atoms with van der Waals surface area (Å²) in [4.78, 5) is 15.4. The zero-order chi connectivity index (χ0) is 14.8. The quantitative estimate of drug-likeness (QED) is 0.507. The fourth-order valence-electron chi connectivity index (χ4n) is 2.90. The molecule has 1 aromatic rings. The molecule has 114 valence electrons. The smallest absolute Gasteiger partial charge is 0.292 e.